The second-order valence-electron chi connectivity index (χ2n) is 3.83. The number of nitrogens with zero attached hydrogens (tertiary/aromatic N) is 3. The molecule has 16 heavy (non-hydrogen) atoms. The molecule has 0 spiro atoms. The van der Waals surface area contributed by atoms with E-state index < -0.39 is 0 Å². The lowest BCUT2D eigenvalue weighted by atomic mass is 10.2. The van der Waals surface area contributed by atoms with Crippen LogP contribution in [0.1, 0.15) is 5.69 Å². The summed E-state index contributed by atoms with van der Waals surface area (Å²) < 4.78 is 3.21. The average molecular weight is 215 g/mol. The van der Waals surface area contributed by atoms with Crippen LogP contribution in [0, 0.1) is 6.92 Å². The number of aromatic nitrogens is 4. The number of rotatable bonds is 0. The maximum Gasteiger partial charge on any atom is 0.425 e. The lowest BCUT2D eigenvalue weighted by Gasteiger charge is -1.96. The number of hydrogen-bond donors (Lipinski definition) is 1. The Bertz CT molecular complexity index is 754. The van der Waals surface area contributed by atoms with Crippen LogP contribution >= 0.6 is 0 Å². The van der Waals surface area contributed by atoms with Gasteiger partial charge >= 0.3 is 11.5 Å². The minimum absolute atomic E-state index is 0.166. The summed E-state index contributed by atoms with van der Waals surface area (Å²) in [7, 11) is 1.78. The SMILES string of the molecule is Cc1nc2n(c(=O)[nH][n+]2C)c2ccccc12. The third kappa shape index (κ3) is 1.02. The van der Waals surface area contributed by atoms with E-state index in [1.54, 1.807) is 16.1 Å². The number of H-pyrrole nitrogens is 1. The minimum atomic E-state index is -0.166. The van der Waals surface area contributed by atoms with Gasteiger partial charge in [-0.3, -0.25) is 0 Å². The monoisotopic (exact) mass is 215 g/mol. The molecule has 2 aromatic heterocycles. The summed E-state index contributed by atoms with van der Waals surface area (Å²) in [6.45, 7) is 1.94. The van der Waals surface area contributed by atoms with Crippen LogP contribution in [0.15, 0.2) is 29.1 Å². The van der Waals surface area contributed by atoms with Gasteiger partial charge in [-0.2, -0.15) is 9.78 Å². The van der Waals surface area contributed by atoms with Gasteiger partial charge in [-0.25, -0.2) is 4.79 Å². The van der Waals surface area contributed by atoms with Crippen molar-refractivity contribution in [2.75, 3.05) is 0 Å². The quantitative estimate of drug-likeness (QED) is 0.549. The van der Waals surface area contributed by atoms with E-state index in [1.807, 2.05) is 31.2 Å². The standard InChI is InChI=1S/C11H10N4O/c1-7-8-5-3-4-6-9(8)15-10(12-7)14(2)13-11(15)16/h3-6H,1-2H3/p+1. The molecule has 0 radical (unpaired) electrons. The molecule has 3 aromatic rings. The van der Waals surface area contributed by atoms with Crippen LogP contribution in [-0.4, -0.2) is 14.5 Å². The molecule has 5 heteroatoms. The van der Waals surface area contributed by atoms with Crippen molar-refractivity contribution in [3.8, 4) is 0 Å². The fraction of sp³-hybridized carbons (Fsp3) is 0.182. The third-order valence-electron chi connectivity index (χ3n) is 2.77. The van der Waals surface area contributed by atoms with E-state index in [-0.39, 0.29) is 5.69 Å². The fourth-order valence-corrected chi connectivity index (χ4v) is 2.01. The van der Waals surface area contributed by atoms with Crippen molar-refractivity contribution >= 4 is 16.7 Å². The highest BCUT2D eigenvalue weighted by molar-refractivity contribution is 5.82. The van der Waals surface area contributed by atoms with E-state index in [1.165, 1.54) is 0 Å². The Hall–Kier alpha value is -2.17. The molecule has 0 amide bonds. The number of aryl methyl sites for hydroxylation is 2. The topological polar surface area (TPSA) is 54.0 Å². The second-order valence-corrected chi connectivity index (χ2v) is 3.83. The summed E-state index contributed by atoms with van der Waals surface area (Å²) in [6.07, 6.45) is 0. The zero-order valence-corrected chi connectivity index (χ0v) is 9.06. The maximum absolute atomic E-state index is 11.8. The molecular formula is C11H11N4O+. The summed E-state index contributed by atoms with van der Waals surface area (Å²) in [5, 5.41) is 3.69. The number of para-hydroxylation sites is 1. The Morgan fingerprint density at radius 3 is 2.94 bits per heavy atom. The fourth-order valence-electron chi connectivity index (χ4n) is 2.01. The largest absolute Gasteiger partial charge is 0.425 e. The predicted molar refractivity (Wildman–Crippen MR) is 59.2 cm³/mol. The zero-order chi connectivity index (χ0) is 11.3. The number of fused-ring (bicyclic) bond motifs is 3. The molecule has 5 nitrogen and oxygen atoms in total. The molecule has 0 aliphatic rings. The molecule has 1 aromatic carbocycles. The van der Waals surface area contributed by atoms with Gasteiger partial charge in [0.05, 0.1) is 12.4 Å². The van der Waals surface area contributed by atoms with Gasteiger partial charge in [0.2, 0.25) is 0 Å². The Kier molecular flexibility index (Phi) is 1.65. The highest BCUT2D eigenvalue weighted by Crippen LogP contribution is 2.15. The summed E-state index contributed by atoms with van der Waals surface area (Å²) in [4.78, 5) is 16.2. The van der Waals surface area contributed by atoms with E-state index in [9.17, 15) is 4.79 Å². The molecule has 3 rings (SSSR count). The average Bonchev–Trinajstić information content (AvgIpc) is 2.55. The molecule has 0 unspecified atom stereocenters. The molecule has 0 aliphatic heterocycles. The first-order valence-corrected chi connectivity index (χ1v) is 5.04. The van der Waals surface area contributed by atoms with Crippen LogP contribution in [0.5, 0.6) is 0 Å². The first kappa shape index (κ1) is 9.08. The number of hydrogen-bond acceptors (Lipinski definition) is 2. The van der Waals surface area contributed by atoms with E-state index in [2.05, 4.69) is 10.1 Å². The molecule has 0 bridgehead atoms. The second kappa shape index (κ2) is 2.91. The first-order chi connectivity index (χ1) is 7.68. The van der Waals surface area contributed by atoms with Crippen LogP contribution in [0.25, 0.3) is 16.7 Å². The number of benzene rings is 1. The van der Waals surface area contributed by atoms with Crippen molar-refractivity contribution in [3.05, 3.63) is 40.4 Å². The highest BCUT2D eigenvalue weighted by atomic mass is 16.1. The number of aromatic amines is 1. The van der Waals surface area contributed by atoms with Crippen molar-refractivity contribution in [2.45, 2.75) is 6.92 Å². The van der Waals surface area contributed by atoms with E-state index in [4.69, 9.17) is 0 Å². The van der Waals surface area contributed by atoms with Gasteiger partial charge in [-0.05, 0) is 19.1 Å². The van der Waals surface area contributed by atoms with Gasteiger partial charge < -0.3 is 0 Å². The van der Waals surface area contributed by atoms with Gasteiger partial charge in [0, 0.05) is 0 Å². The van der Waals surface area contributed by atoms with Crippen molar-refractivity contribution in [1.82, 2.24) is 14.5 Å². The van der Waals surface area contributed by atoms with Gasteiger partial charge in [-0.15, -0.1) is 4.40 Å². The molecule has 0 fully saturated rings. The molecule has 2 heterocycles. The molecule has 80 valence electrons. The Morgan fingerprint density at radius 2 is 2.12 bits per heavy atom. The molecular weight excluding hydrogens is 204 g/mol. The Balaban J connectivity index is 2.73. The smallest absolute Gasteiger partial charge is 0.225 e. The van der Waals surface area contributed by atoms with Crippen molar-refractivity contribution in [1.29, 1.82) is 0 Å². The van der Waals surface area contributed by atoms with Gasteiger partial charge in [-0.1, -0.05) is 17.1 Å². The predicted octanol–water partition coefficient (Wildman–Crippen LogP) is 0.309. The van der Waals surface area contributed by atoms with Gasteiger partial charge in [0.1, 0.15) is 11.2 Å². The molecule has 1 N–H and O–H groups in total. The lowest BCUT2D eigenvalue weighted by molar-refractivity contribution is -0.706. The lowest BCUT2D eigenvalue weighted by Crippen LogP contribution is -2.33. The van der Waals surface area contributed by atoms with E-state index >= 15 is 0 Å². The summed E-state index contributed by atoms with van der Waals surface area (Å²) >= 11 is 0. The summed E-state index contributed by atoms with van der Waals surface area (Å²) in [5.41, 5.74) is 1.64. The Morgan fingerprint density at radius 1 is 1.38 bits per heavy atom. The van der Waals surface area contributed by atoms with Crippen LogP contribution in [0.2, 0.25) is 0 Å². The first-order valence-electron chi connectivity index (χ1n) is 5.04. The van der Waals surface area contributed by atoms with Crippen LogP contribution in [-0.2, 0) is 7.05 Å². The van der Waals surface area contributed by atoms with Crippen molar-refractivity contribution in [2.24, 2.45) is 7.05 Å². The van der Waals surface area contributed by atoms with Crippen LogP contribution in [0.4, 0.5) is 0 Å². The van der Waals surface area contributed by atoms with E-state index in [0.29, 0.717) is 5.78 Å². The summed E-state index contributed by atoms with van der Waals surface area (Å²) in [5.74, 6) is 0.626. The van der Waals surface area contributed by atoms with Crippen LogP contribution < -0.4 is 10.4 Å². The maximum atomic E-state index is 11.8. The van der Waals surface area contributed by atoms with E-state index in [0.717, 1.165) is 16.6 Å². The van der Waals surface area contributed by atoms with Gasteiger partial charge in [0.25, 0.3) is 0 Å². The van der Waals surface area contributed by atoms with Gasteiger partial charge in [0.15, 0.2) is 0 Å². The zero-order valence-electron chi connectivity index (χ0n) is 9.06. The third-order valence-corrected chi connectivity index (χ3v) is 2.77. The minimum Gasteiger partial charge on any atom is -0.225 e. The molecule has 0 atom stereocenters. The molecule has 0 saturated carbocycles. The Labute approximate surface area is 91.0 Å². The summed E-state index contributed by atoms with van der Waals surface area (Å²) in [6, 6.07) is 7.75. The van der Waals surface area contributed by atoms with Crippen LogP contribution in [0.3, 0.4) is 0 Å². The molecule has 0 saturated heterocycles. The highest BCUT2D eigenvalue weighted by Gasteiger charge is 2.18. The number of nitrogens with one attached hydrogen (secondary N) is 1. The normalized spacial score (nSPS) is 11.4. The molecule has 0 aliphatic carbocycles. The van der Waals surface area contributed by atoms with Crippen molar-refractivity contribution < 1.29 is 4.68 Å². The van der Waals surface area contributed by atoms with Crippen molar-refractivity contribution in [3.63, 3.8) is 0 Å².